The summed E-state index contributed by atoms with van der Waals surface area (Å²) in [5.74, 6) is -0.0182. The van der Waals surface area contributed by atoms with Gasteiger partial charge >= 0.3 is 0 Å². The molecular weight excluding hydrogens is 240 g/mol. The molecule has 2 fully saturated rings. The van der Waals surface area contributed by atoms with Gasteiger partial charge in [0.1, 0.15) is 0 Å². The Hall–Kier alpha value is -0.670. The van der Waals surface area contributed by atoms with Crippen molar-refractivity contribution in [2.45, 2.75) is 45.8 Å². The number of fused-ring (bicyclic) bond motifs is 3. The van der Waals surface area contributed by atoms with Crippen molar-refractivity contribution in [3.8, 4) is 0 Å². The first kappa shape index (κ1) is 13.3. The van der Waals surface area contributed by atoms with Crippen LogP contribution in [0.1, 0.15) is 40.0 Å². The Morgan fingerprint density at radius 2 is 2.05 bits per heavy atom. The van der Waals surface area contributed by atoms with E-state index in [2.05, 4.69) is 19.1 Å². The van der Waals surface area contributed by atoms with Gasteiger partial charge in [0.15, 0.2) is 5.78 Å². The number of aliphatic hydroxyl groups is 1. The molecule has 0 aromatic carbocycles. The van der Waals surface area contributed by atoms with Gasteiger partial charge in [0, 0.05) is 11.3 Å². The van der Waals surface area contributed by atoms with Crippen molar-refractivity contribution in [2.24, 2.45) is 29.1 Å². The Balaban J connectivity index is 1.99. The summed E-state index contributed by atoms with van der Waals surface area (Å²) in [5, 5.41) is 10.2. The van der Waals surface area contributed by atoms with Crippen LogP contribution >= 0.6 is 0 Å². The van der Waals surface area contributed by atoms with Gasteiger partial charge in [-0.25, -0.2) is 0 Å². The maximum Gasteiger partial charge on any atom is 0.224 e. The average molecular weight is 264 g/mol. The Bertz CT molecular complexity index is 426. The summed E-state index contributed by atoms with van der Waals surface area (Å²) >= 11 is 0. The van der Waals surface area contributed by atoms with Gasteiger partial charge in [-0.3, -0.25) is 4.79 Å². The van der Waals surface area contributed by atoms with E-state index in [1.807, 2.05) is 6.92 Å². The van der Waals surface area contributed by atoms with Crippen LogP contribution in [0.3, 0.4) is 0 Å². The standard InChI is InChI=1S/C16H24O3/c1-10-4-7-13-11(8-10)5-6-12-9-19-16(3,18)14(17)15(12,13)2/h5-6,10-13,18H,4,7-9H2,1-3H3/t10-,11-,12+,13-,15-,16-/m0/s1. The second kappa shape index (κ2) is 4.16. The number of hydrogen-bond acceptors (Lipinski definition) is 3. The fraction of sp³-hybridized carbons (Fsp3) is 0.812. The summed E-state index contributed by atoms with van der Waals surface area (Å²) in [6.07, 6.45) is 7.90. The minimum atomic E-state index is -1.61. The number of rotatable bonds is 0. The lowest BCUT2D eigenvalue weighted by Crippen LogP contribution is -2.61. The summed E-state index contributed by atoms with van der Waals surface area (Å²) in [4.78, 5) is 12.7. The molecule has 3 heteroatoms. The van der Waals surface area contributed by atoms with Gasteiger partial charge in [-0.05, 0) is 37.5 Å². The molecule has 1 aliphatic heterocycles. The zero-order chi connectivity index (χ0) is 13.8. The van der Waals surface area contributed by atoms with E-state index in [-0.39, 0.29) is 11.7 Å². The molecule has 0 aromatic rings. The van der Waals surface area contributed by atoms with Crippen LogP contribution in [-0.4, -0.2) is 23.3 Å². The molecule has 3 aliphatic rings. The van der Waals surface area contributed by atoms with E-state index in [4.69, 9.17) is 4.74 Å². The molecule has 0 aromatic heterocycles. The normalized spacial score (nSPS) is 53.6. The largest absolute Gasteiger partial charge is 0.360 e. The van der Waals surface area contributed by atoms with E-state index in [1.165, 1.54) is 19.8 Å². The van der Waals surface area contributed by atoms with Crippen LogP contribution in [0.25, 0.3) is 0 Å². The minimum absolute atomic E-state index is 0.120. The van der Waals surface area contributed by atoms with Gasteiger partial charge in [-0.15, -0.1) is 0 Å². The fourth-order valence-electron chi connectivity index (χ4n) is 4.52. The molecule has 6 atom stereocenters. The lowest BCUT2D eigenvalue weighted by atomic mass is 9.52. The average Bonchev–Trinajstić information content (AvgIpc) is 2.35. The summed E-state index contributed by atoms with van der Waals surface area (Å²) in [5.41, 5.74) is -0.457. The highest BCUT2D eigenvalue weighted by molar-refractivity contribution is 5.92. The van der Waals surface area contributed by atoms with Crippen molar-refractivity contribution in [1.82, 2.24) is 0 Å². The van der Waals surface area contributed by atoms with Gasteiger partial charge < -0.3 is 9.84 Å². The van der Waals surface area contributed by atoms with Gasteiger partial charge in [-0.1, -0.05) is 32.4 Å². The molecule has 3 rings (SSSR count). The van der Waals surface area contributed by atoms with Crippen molar-refractivity contribution in [1.29, 1.82) is 0 Å². The third kappa shape index (κ3) is 1.82. The van der Waals surface area contributed by atoms with Crippen LogP contribution < -0.4 is 0 Å². The Morgan fingerprint density at radius 3 is 2.79 bits per heavy atom. The molecule has 1 saturated heterocycles. The van der Waals surface area contributed by atoms with Crippen LogP contribution in [0.5, 0.6) is 0 Å². The van der Waals surface area contributed by atoms with Gasteiger partial charge in [0.2, 0.25) is 5.79 Å². The van der Waals surface area contributed by atoms with Gasteiger partial charge in [0.05, 0.1) is 6.61 Å². The molecule has 3 nitrogen and oxygen atoms in total. The van der Waals surface area contributed by atoms with Crippen molar-refractivity contribution in [3.63, 3.8) is 0 Å². The van der Waals surface area contributed by atoms with Gasteiger partial charge in [-0.2, -0.15) is 0 Å². The molecule has 1 saturated carbocycles. The van der Waals surface area contributed by atoms with Crippen LogP contribution in [0.4, 0.5) is 0 Å². The number of Topliss-reactive ketones (excluding diaryl/α,β-unsaturated/α-hetero) is 1. The zero-order valence-corrected chi connectivity index (χ0v) is 12.1. The lowest BCUT2D eigenvalue weighted by molar-refractivity contribution is -0.239. The number of allylic oxidation sites excluding steroid dienone is 1. The SMILES string of the molecule is C[C@H]1CC[C@H]2[C@@H](C=C[C@@H]3CO[C@](C)(O)C(=O)[C@@]32C)C1. The third-order valence-electron chi connectivity index (χ3n) is 5.75. The molecule has 106 valence electrons. The first-order chi connectivity index (χ1) is 8.85. The van der Waals surface area contributed by atoms with Gasteiger partial charge in [0.25, 0.3) is 0 Å². The van der Waals surface area contributed by atoms with Crippen molar-refractivity contribution >= 4 is 5.78 Å². The van der Waals surface area contributed by atoms with Crippen molar-refractivity contribution in [3.05, 3.63) is 12.2 Å². The number of ketones is 1. The summed E-state index contributed by atoms with van der Waals surface area (Å²) in [6.45, 7) is 6.29. The first-order valence-electron chi connectivity index (χ1n) is 7.45. The Kier molecular flexibility index (Phi) is 2.92. The van der Waals surface area contributed by atoms with E-state index in [9.17, 15) is 9.90 Å². The molecule has 1 heterocycles. The highest BCUT2D eigenvalue weighted by Gasteiger charge is 2.59. The van der Waals surface area contributed by atoms with E-state index in [0.29, 0.717) is 18.4 Å². The van der Waals surface area contributed by atoms with Crippen LogP contribution in [0.15, 0.2) is 12.2 Å². The molecule has 0 spiro atoms. The molecule has 2 aliphatic carbocycles. The molecular formula is C16H24O3. The molecule has 0 radical (unpaired) electrons. The maximum atomic E-state index is 12.7. The maximum absolute atomic E-state index is 12.7. The molecule has 0 amide bonds. The number of ether oxygens (including phenoxy) is 1. The van der Waals surface area contributed by atoms with E-state index in [1.54, 1.807) is 0 Å². The smallest absolute Gasteiger partial charge is 0.224 e. The zero-order valence-electron chi connectivity index (χ0n) is 12.1. The third-order valence-corrected chi connectivity index (χ3v) is 5.75. The van der Waals surface area contributed by atoms with Crippen LogP contribution in [0.2, 0.25) is 0 Å². The molecule has 0 bridgehead atoms. The summed E-state index contributed by atoms with van der Waals surface area (Å²) < 4.78 is 5.37. The van der Waals surface area contributed by atoms with Crippen LogP contribution in [0, 0.1) is 29.1 Å². The summed E-state index contributed by atoms with van der Waals surface area (Å²) in [6, 6.07) is 0. The monoisotopic (exact) mass is 264 g/mol. The second-order valence-corrected chi connectivity index (χ2v) is 7.09. The first-order valence-corrected chi connectivity index (χ1v) is 7.45. The predicted octanol–water partition coefficient (Wildman–Crippen LogP) is 2.54. The molecule has 0 unspecified atom stereocenters. The van der Waals surface area contributed by atoms with Crippen molar-refractivity contribution < 1.29 is 14.6 Å². The lowest BCUT2D eigenvalue weighted by Gasteiger charge is -2.54. The van der Waals surface area contributed by atoms with E-state index < -0.39 is 11.2 Å². The van der Waals surface area contributed by atoms with E-state index in [0.717, 1.165) is 12.3 Å². The van der Waals surface area contributed by atoms with E-state index >= 15 is 0 Å². The number of carbonyl (C=O) groups is 1. The minimum Gasteiger partial charge on any atom is -0.360 e. The molecule has 19 heavy (non-hydrogen) atoms. The Labute approximate surface area is 115 Å². The second-order valence-electron chi connectivity index (χ2n) is 7.09. The van der Waals surface area contributed by atoms with Crippen LogP contribution in [-0.2, 0) is 9.53 Å². The predicted molar refractivity (Wildman–Crippen MR) is 72.3 cm³/mol. The highest BCUT2D eigenvalue weighted by Crippen LogP contribution is 2.55. The molecule has 1 N–H and O–H groups in total. The highest BCUT2D eigenvalue weighted by atomic mass is 16.6. The summed E-state index contributed by atoms with van der Waals surface area (Å²) in [7, 11) is 0. The number of hydrogen-bond donors (Lipinski definition) is 1. The Morgan fingerprint density at radius 1 is 1.32 bits per heavy atom. The van der Waals surface area contributed by atoms with Crippen molar-refractivity contribution in [2.75, 3.05) is 6.61 Å². The number of carbonyl (C=O) groups excluding carboxylic acids is 1. The quantitative estimate of drug-likeness (QED) is 0.684. The topological polar surface area (TPSA) is 46.5 Å². The fourth-order valence-corrected chi connectivity index (χ4v) is 4.52.